The number of rotatable bonds is 6. The van der Waals surface area contributed by atoms with Gasteiger partial charge in [-0.2, -0.15) is 0 Å². The van der Waals surface area contributed by atoms with E-state index in [1.54, 1.807) is 29.0 Å². The smallest absolute Gasteiger partial charge is 0.246 e. The second-order valence-electron chi connectivity index (χ2n) is 8.46. The van der Waals surface area contributed by atoms with Crippen LogP contribution in [0.5, 0.6) is 0 Å². The maximum Gasteiger partial charge on any atom is 0.246 e. The molecule has 1 saturated heterocycles. The summed E-state index contributed by atoms with van der Waals surface area (Å²) < 4.78 is 5.11. The van der Waals surface area contributed by atoms with Crippen LogP contribution in [-0.2, 0) is 20.7 Å². The molecule has 2 N–H and O–H groups in total. The molecule has 2 atom stereocenters. The second-order valence-corrected chi connectivity index (χ2v) is 8.46. The lowest BCUT2D eigenvalue weighted by Crippen LogP contribution is -2.63. The van der Waals surface area contributed by atoms with E-state index in [4.69, 9.17) is 4.74 Å². The quantitative estimate of drug-likeness (QED) is 0.442. The molecule has 0 saturated carbocycles. The van der Waals surface area contributed by atoms with Gasteiger partial charge >= 0.3 is 0 Å². The lowest BCUT2D eigenvalue weighted by molar-refractivity contribution is -0.158. The molecule has 2 aliphatic rings. The molecular weight excluding hydrogens is 424 g/mol. The van der Waals surface area contributed by atoms with E-state index in [1.807, 2.05) is 24.3 Å². The summed E-state index contributed by atoms with van der Waals surface area (Å²) in [5.74, 6) is -0.188. The Kier molecular flexibility index (Phi) is 5.53. The summed E-state index contributed by atoms with van der Waals surface area (Å²) in [6, 6.07) is 13.2. The molecule has 3 aromatic rings. The molecule has 9 nitrogen and oxygen atoms in total. The minimum absolute atomic E-state index is 0.0220. The Bertz CT molecular complexity index is 1190. The number of benzene rings is 2. The van der Waals surface area contributed by atoms with Crippen molar-refractivity contribution in [1.29, 1.82) is 0 Å². The van der Waals surface area contributed by atoms with Gasteiger partial charge in [0.1, 0.15) is 6.04 Å². The number of aromatic nitrogens is 1. The summed E-state index contributed by atoms with van der Waals surface area (Å²) in [6.45, 7) is 1.02. The first-order valence-electron chi connectivity index (χ1n) is 10.9. The van der Waals surface area contributed by atoms with E-state index >= 15 is 0 Å². The second kappa shape index (κ2) is 8.51. The van der Waals surface area contributed by atoms with Crippen LogP contribution in [0.2, 0.25) is 0 Å². The molecule has 172 valence electrons. The van der Waals surface area contributed by atoms with Crippen molar-refractivity contribution in [3.05, 3.63) is 70.6 Å². The average Bonchev–Trinajstić information content (AvgIpc) is 3.19. The van der Waals surface area contributed by atoms with E-state index in [0.29, 0.717) is 26.0 Å². The highest BCUT2D eigenvalue weighted by Crippen LogP contribution is 2.42. The Morgan fingerprint density at radius 1 is 1.18 bits per heavy atom. The maximum atomic E-state index is 13.5. The highest BCUT2D eigenvalue weighted by atomic mass is 16.8. The van der Waals surface area contributed by atoms with Gasteiger partial charge in [0.05, 0.1) is 18.3 Å². The van der Waals surface area contributed by atoms with Gasteiger partial charge in [0, 0.05) is 43.3 Å². The van der Waals surface area contributed by atoms with Crippen molar-refractivity contribution in [2.24, 2.45) is 0 Å². The minimum atomic E-state index is -0.612. The SMILES string of the molecule is COCCCN1CC(=O)N2C(Cc3c([nH]c4ccccc34)C2c2ccc(N([O-])O)cc2)C1=O. The third-order valence-corrected chi connectivity index (χ3v) is 6.55. The topological polar surface area (TPSA) is 112 Å². The molecule has 2 aliphatic heterocycles. The molecule has 3 heterocycles. The molecule has 1 fully saturated rings. The van der Waals surface area contributed by atoms with Gasteiger partial charge < -0.3 is 30.0 Å². The Hall–Kier alpha value is -3.40. The van der Waals surface area contributed by atoms with Gasteiger partial charge in [-0.15, -0.1) is 0 Å². The van der Waals surface area contributed by atoms with Crippen LogP contribution in [-0.4, -0.2) is 64.7 Å². The molecule has 9 heteroatoms. The predicted molar refractivity (Wildman–Crippen MR) is 122 cm³/mol. The molecule has 2 unspecified atom stereocenters. The van der Waals surface area contributed by atoms with Gasteiger partial charge in [-0.1, -0.05) is 30.3 Å². The zero-order valence-corrected chi connectivity index (χ0v) is 18.2. The zero-order chi connectivity index (χ0) is 23.1. The van der Waals surface area contributed by atoms with Crippen LogP contribution in [0.3, 0.4) is 0 Å². The molecule has 5 rings (SSSR count). The summed E-state index contributed by atoms with van der Waals surface area (Å²) in [7, 11) is 1.61. The van der Waals surface area contributed by atoms with E-state index in [2.05, 4.69) is 4.98 Å². The summed E-state index contributed by atoms with van der Waals surface area (Å²) in [5.41, 5.74) is 3.69. The van der Waals surface area contributed by atoms with Crippen molar-refractivity contribution in [1.82, 2.24) is 14.8 Å². The van der Waals surface area contributed by atoms with Gasteiger partial charge in [-0.25, -0.2) is 0 Å². The van der Waals surface area contributed by atoms with Gasteiger partial charge in [-0.05, 0) is 35.7 Å². The van der Waals surface area contributed by atoms with Crippen molar-refractivity contribution in [3.8, 4) is 0 Å². The van der Waals surface area contributed by atoms with Crippen molar-refractivity contribution < 1.29 is 19.5 Å². The van der Waals surface area contributed by atoms with Crippen LogP contribution in [0.25, 0.3) is 10.9 Å². The van der Waals surface area contributed by atoms with E-state index in [9.17, 15) is 20.0 Å². The van der Waals surface area contributed by atoms with Crippen LogP contribution in [0.4, 0.5) is 5.69 Å². The normalized spacial score (nSPS) is 20.2. The molecule has 33 heavy (non-hydrogen) atoms. The molecular formula is C24H25N4O5-. The lowest BCUT2D eigenvalue weighted by Gasteiger charge is -2.47. The van der Waals surface area contributed by atoms with Gasteiger partial charge in [0.15, 0.2) is 0 Å². The molecule has 0 radical (unpaired) electrons. The van der Waals surface area contributed by atoms with Crippen LogP contribution >= 0.6 is 0 Å². The number of hydrogen-bond acceptors (Lipinski definition) is 6. The molecule has 2 aromatic carbocycles. The number of carbonyl (C=O) groups excluding carboxylic acids is 2. The minimum Gasteiger partial charge on any atom is -0.733 e. The third kappa shape index (κ3) is 3.64. The molecule has 0 aliphatic carbocycles. The fourth-order valence-corrected chi connectivity index (χ4v) is 5.04. The van der Waals surface area contributed by atoms with Crippen molar-refractivity contribution in [2.75, 3.05) is 32.0 Å². The number of nitrogens with zero attached hydrogens (tertiary/aromatic N) is 3. The van der Waals surface area contributed by atoms with Crippen LogP contribution in [0, 0.1) is 5.21 Å². The third-order valence-electron chi connectivity index (χ3n) is 6.55. The number of aromatic amines is 1. The molecule has 1 aromatic heterocycles. The fraction of sp³-hybridized carbons (Fsp3) is 0.333. The van der Waals surface area contributed by atoms with Gasteiger partial charge in [0.2, 0.25) is 11.8 Å². The number of H-pyrrole nitrogens is 1. The first kappa shape index (κ1) is 21.4. The first-order valence-corrected chi connectivity index (χ1v) is 10.9. The number of para-hydroxylation sites is 1. The Labute approximate surface area is 190 Å². The standard InChI is InChI=1S/C24H25N4O5/c1-33-12-4-11-26-14-21(29)27-20(24(26)30)13-18-17-5-2-3-6-19(17)25-22(18)23(27)15-7-9-16(10-8-15)28(31)32/h2-3,5-10,20,23,25,31H,4,11-14H2,1H3/q-1. The van der Waals surface area contributed by atoms with E-state index in [-0.39, 0.29) is 29.3 Å². The van der Waals surface area contributed by atoms with Gasteiger partial charge in [0.25, 0.3) is 0 Å². The van der Waals surface area contributed by atoms with E-state index < -0.39 is 12.1 Å². The van der Waals surface area contributed by atoms with Crippen LogP contribution in [0.1, 0.15) is 29.3 Å². The number of piperazine rings is 1. The number of nitrogens with one attached hydrogen (secondary N) is 1. The highest BCUT2D eigenvalue weighted by molar-refractivity contribution is 5.97. The summed E-state index contributed by atoms with van der Waals surface area (Å²) in [6.07, 6.45) is 1.10. The van der Waals surface area contributed by atoms with Crippen molar-refractivity contribution in [2.45, 2.75) is 24.9 Å². The average molecular weight is 449 g/mol. The number of anilines is 1. The Morgan fingerprint density at radius 3 is 2.67 bits per heavy atom. The molecule has 2 amide bonds. The summed E-state index contributed by atoms with van der Waals surface area (Å²) in [4.78, 5) is 33.6. The van der Waals surface area contributed by atoms with E-state index in [1.165, 1.54) is 12.1 Å². The van der Waals surface area contributed by atoms with Crippen molar-refractivity contribution in [3.63, 3.8) is 0 Å². The number of ether oxygens (including phenoxy) is 1. The Morgan fingerprint density at radius 2 is 1.94 bits per heavy atom. The number of fused-ring (bicyclic) bond motifs is 4. The molecule has 0 spiro atoms. The highest BCUT2D eigenvalue weighted by Gasteiger charge is 2.48. The molecule has 0 bridgehead atoms. The first-order chi connectivity index (χ1) is 16.0. The summed E-state index contributed by atoms with van der Waals surface area (Å²) >= 11 is 0. The lowest BCUT2D eigenvalue weighted by atomic mass is 9.86. The van der Waals surface area contributed by atoms with Gasteiger partial charge in [-0.3, -0.25) is 14.8 Å². The number of amides is 2. The van der Waals surface area contributed by atoms with Crippen LogP contribution in [0.15, 0.2) is 48.5 Å². The monoisotopic (exact) mass is 449 g/mol. The Balaban J connectivity index is 1.60. The van der Waals surface area contributed by atoms with Crippen molar-refractivity contribution >= 4 is 28.4 Å². The number of carbonyl (C=O) groups is 2. The predicted octanol–water partition coefficient (Wildman–Crippen LogP) is 2.58. The number of hydrogen-bond donors (Lipinski definition) is 2. The maximum absolute atomic E-state index is 13.5. The van der Waals surface area contributed by atoms with Crippen LogP contribution < -0.4 is 5.23 Å². The van der Waals surface area contributed by atoms with E-state index in [0.717, 1.165) is 27.7 Å². The number of methoxy groups -OCH3 is 1. The fourth-order valence-electron chi connectivity index (χ4n) is 5.04. The largest absolute Gasteiger partial charge is 0.733 e. The zero-order valence-electron chi connectivity index (χ0n) is 18.2. The summed E-state index contributed by atoms with van der Waals surface area (Å²) in [5, 5.41) is 21.3.